The number of nitrogens with one attached hydrogen (secondary N) is 2. The van der Waals surface area contributed by atoms with E-state index in [1.165, 1.54) is 41.6 Å². The summed E-state index contributed by atoms with van der Waals surface area (Å²) in [5.41, 5.74) is 2.69. The van der Waals surface area contributed by atoms with Gasteiger partial charge in [0.05, 0.1) is 10.9 Å². The summed E-state index contributed by atoms with van der Waals surface area (Å²) in [4.78, 5) is 29.4. The lowest BCUT2D eigenvalue weighted by Gasteiger charge is -2.21. The molecular weight excluding hydrogens is 414 g/mol. The van der Waals surface area contributed by atoms with Crippen molar-refractivity contribution < 1.29 is 4.79 Å². The SMILES string of the molecule is Cc1cc(SC2CCCCC2)ccc1NC(=O)c1ccc2c(=O)n(C)c(=S)[nH]c2c1. The molecule has 0 radical (unpaired) electrons. The first-order valence-corrected chi connectivity index (χ1v) is 11.5. The normalized spacial score (nSPS) is 14.7. The van der Waals surface area contributed by atoms with Crippen molar-refractivity contribution in [3.63, 3.8) is 0 Å². The molecule has 156 valence electrons. The van der Waals surface area contributed by atoms with Gasteiger partial charge < -0.3 is 10.3 Å². The van der Waals surface area contributed by atoms with E-state index in [0.717, 1.165) is 11.3 Å². The van der Waals surface area contributed by atoms with Gasteiger partial charge in [-0.3, -0.25) is 14.2 Å². The fourth-order valence-electron chi connectivity index (χ4n) is 3.87. The molecule has 0 aliphatic heterocycles. The van der Waals surface area contributed by atoms with Crippen LogP contribution in [0.2, 0.25) is 0 Å². The predicted molar refractivity (Wildman–Crippen MR) is 126 cm³/mol. The van der Waals surface area contributed by atoms with Gasteiger partial charge in [-0.1, -0.05) is 19.3 Å². The molecule has 0 atom stereocenters. The zero-order chi connectivity index (χ0) is 21.3. The fraction of sp³-hybridized carbons (Fsp3) is 0.348. The number of aryl methyl sites for hydroxylation is 1. The molecule has 1 saturated carbocycles. The number of aromatic nitrogens is 2. The number of nitrogens with zero attached hydrogens (tertiary/aromatic N) is 1. The highest BCUT2D eigenvalue weighted by Gasteiger charge is 2.16. The number of hydrogen-bond donors (Lipinski definition) is 2. The highest BCUT2D eigenvalue weighted by atomic mass is 32.2. The second-order valence-corrected chi connectivity index (χ2v) is 9.62. The van der Waals surface area contributed by atoms with Crippen molar-refractivity contribution in [2.75, 3.05) is 5.32 Å². The molecule has 1 aliphatic carbocycles. The van der Waals surface area contributed by atoms with Crippen LogP contribution < -0.4 is 10.9 Å². The average molecular weight is 440 g/mol. The molecule has 0 saturated heterocycles. The summed E-state index contributed by atoms with van der Waals surface area (Å²) in [6.45, 7) is 2.02. The maximum atomic E-state index is 12.8. The van der Waals surface area contributed by atoms with Gasteiger partial charge in [-0.25, -0.2) is 0 Å². The average Bonchev–Trinajstić information content (AvgIpc) is 2.74. The lowest BCUT2D eigenvalue weighted by molar-refractivity contribution is 0.102. The Labute approximate surface area is 184 Å². The maximum Gasteiger partial charge on any atom is 0.261 e. The lowest BCUT2D eigenvalue weighted by Crippen LogP contribution is -2.19. The number of hydrogen-bond acceptors (Lipinski definition) is 4. The van der Waals surface area contributed by atoms with E-state index in [4.69, 9.17) is 12.2 Å². The van der Waals surface area contributed by atoms with Crippen molar-refractivity contribution in [2.45, 2.75) is 49.2 Å². The summed E-state index contributed by atoms with van der Waals surface area (Å²) >= 11 is 7.12. The third-order valence-corrected chi connectivity index (χ3v) is 7.37. The van der Waals surface area contributed by atoms with E-state index in [1.807, 2.05) is 24.8 Å². The van der Waals surface area contributed by atoms with Crippen LogP contribution in [0.3, 0.4) is 0 Å². The van der Waals surface area contributed by atoms with Crippen molar-refractivity contribution in [3.05, 3.63) is 62.6 Å². The highest BCUT2D eigenvalue weighted by molar-refractivity contribution is 8.00. The highest BCUT2D eigenvalue weighted by Crippen LogP contribution is 2.35. The summed E-state index contributed by atoms with van der Waals surface area (Å²) < 4.78 is 1.71. The van der Waals surface area contributed by atoms with E-state index >= 15 is 0 Å². The molecule has 1 amide bonds. The fourth-order valence-corrected chi connectivity index (χ4v) is 5.41. The van der Waals surface area contributed by atoms with Crippen LogP contribution in [0, 0.1) is 11.7 Å². The van der Waals surface area contributed by atoms with Crippen molar-refractivity contribution in [1.29, 1.82) is 0 Å². The van der Waals surface area contributed by atoms with E-state index in [1.54, 1.807) is 25.2 Å². The molecule has 1 aromatic heterocycles. The molecule has 0 bridgehead atoms. The van der Waals surface area contributed by atoms with Gasteiger partial charge in [0.1, 0.15) is 0 Å². The smallest absolute Gasteiger partial charge is 0.261 e. The minimum Gasteiger partial charge on any atom is -0.332 e. The van der Waals surface area contributed by atoms with Gasteiger partial charge in [0.25, 0.3) is 11.5 Å². The number of rotatable bonds is 4. The zero-order valence-corrected chi connectivity index (χ0v) is 18.8. The largest absolute Gasteiger partial charge is 0.332 e. The molecule has 2 aromatic carbocycles. The number of carbonyl (C=O) groups is 1. The zero-order valence-electron chi connectivity index (χ0n) is 17.2. The van der Waals surface area contributed by atoms with Gasteiger partial charge in [-0.15, -0.1) is 11.8 Å². The van der Waals surface area contributed by atoms with E-state index < -0.39 is 0 Å². The van der Waals surface area contributed by atoms with Crippen LogP contribution in [-0.2, 0) is 7.05 Å². The number of carbonyl (C=O) groups excluding carboxylic acids is 1. The number of thioether (sulfide) groups is 1. The molecule has 3 aromatic rings. The minimum atomic E-state index is -0.215. The van der Waals surface area contributed by atoms with E-state index in [9.17, 15) is 9.59 Å². The molecule has 30 heavy (non-hydrogen) atoms. The number of benzene rings is 2. The minimum absolute atomic E-state index is 0.178. The van der Waals surface area contributed by atoms with Crippen LogP contribution in [0.15, 0.2) is 46.1 Å². The first kappa shape index (κ1) is 20.9. The Morgan fingerprint density at radius 2 is 1.93 bits per heavy atom. The van der Waals surface area contributed by atoms with Crippen LogP contribution >= 0.6 is 24.0 Å². The van der Waals surface area contributed by atoms with Crippen LogP contribution in [0.25, 0.3) is 10.9 Å². The molecule has 7 heteroatoms. The first-order chi connectivity index (χ1) is 14.4. The Bertz CT molecular complexity index is 1220. The topological polar surface area (TPSA) is 66.9 Å². The molecule has 1 heterocycles. The monoisotopic (exact) mass is 439 g/mol. The summed E-state index contributed by atoms with van der Waals surface area (Å²) in [6, 6.07) is 11.2. The lowest BCUT2D eigenvalue weighted by atomic mass is 10.0. The number of aromatic amines is 1. The van der Waals surface area contributed by atoms with Gasteiger partial charge in [-0.2, -0.15) is 0 Å². The van der Waals surface area contributed by atoms with Gasteiger partial charge in [0.15, 0.2) is 4.77 Å². The summed E-state index contributed by atoms with van der Waals surface area (Å²) in [6.07, 6.45) is 6.59. The Kier molecular flexibility index (Phi) is 6.11. The standard InChI is InChI=1S/C23H25N3O2S2/c1-14-12-17(30-16-6-4-3-5-7-16)9-11-19(14)24-21(27)15-8-10-18-20(13-15)25-23(29)26(2)22(18)28/h8-13,16H,3-7H2,1-2H3,(H,24,27)(H,25,29). The van der Waals surface area contributed by atoms with Crippen molar-refractivity contribution in [3.8, 4) is 0 Å². The van der Waals surface area contributed by atoms with Gasteiger partial charge in [0, 0.05) is 28.4 Å². The number of fused-ring (bicyclic) bond motifs is 1. The van der Waals surface area contributed by atoms with Gasteiger partial charge >= 0.3 is 0 Å². The third-order valence-electron chi connectivity index (χ3n) is 5.66. The Morgan fingerprint density at radius 1 is 1.17 bits per heavy atom. The summed E-state index contributed by atoms with van der Waals surface area (Å²) in [5.74, 6) is -0.215. The molecular formula is C23H25N3O2S2. The quantitative estimate of drug-likeness (QED) is 0.521. The summed E-state index contributed by atoms with van der Waals surface area (Å²) in [7, 11) is 1.63. The van der Waals surface area contributed by atoms with Crippen molar-refractivity contribution >= 4 is 46.5 Å². The number of anilines is 1. The molecule has 1 fully saturated rings. The molecule has 4 rings (SSSR count). The summed E-state index contributed by atoms with van der Waals surface area (Å²) in [5, 5.41) is 4.20. The Hall–Kier alpha value is -2.38. The van der Waals surface area contributed by atoms with Crippen LogP contribution in [0.5, 0.6) is 0 Å². The maximum absolute atomic E-state index is 12.8. The van der Waals surface area contributed by atoms with Crippen LogP contribution in [0.4, 0.5) is 5.69 Å². The number of H-pyrrole nitrogens is 1. The van der Waals surface area contributed by atoms with E-state index in [2.05, 4.69) is 22.4 Å². The molecule has 0 unspecified atom stereocenters. The Balaban J connectivity index is 1.52. The Morgan fingerprint density at radius 3 is 2.67 bits per heavy atom. The van der Waals surface area contributed by atoms with Crippen molar-refractivity contribution in [1.82, 2.24) is 9.55 Å². The molecule has 0 spiro atoms. The molecule has 2 N–H and O–H groups in total. The second kappa shape index (κ2) is 8.78. The van der Waals surface area contributed by atoms with E-state index in [-0.39, 0.29) is 11.5 Å². The molecule has 1 aliphatic rings. The van der Waals surface area contributed by atoms with Crippen LogP contribution in [-0.4, -0.2) is 20.7 Å². The number of amides is 1. The third kappa shape index (κ3) is 4.37. The van der Waals surface area contributed by atoms with Gasteiger partial charge in [0.2, 0.25) is 0 Å². The van der Waals surface area contributed by atoms with E-state index in [0.29, 0.717) is 26.5 Å². The second-order valence-electron chi connectivity index (χ2n) is 7.86. The van der Waals surface area contributed by atoms with Gasteiger partial charge in [-0.05, 0) is 73.9 Å². The predicted octanol–water partition coefficient (Wildman–Crippen LogP) is 5.58. The first-order valence-electron chi connectivity index (χ1n) is 10.2. The van der Waals surface area contributed by atoms with Crippen LogP contribution in [0.1, 0.15) is 48.0 Å². The van der Waals surface area contributed by atoms with Crippen molar-refractivity contribution in [2.24, 2.45) is 7.05 Å². The molecule has 5 nitrogen and oxygen atoms in total.